The molecule has 2 unspecified atom stereocenters. The van der Waals surface area contributed by atoms with Crippen LogP contribution in [0.4, 0.5) is 0 Å². The second-order valence-corrected chi connectivity index (χ2v) is 13.2. The largest absolute Gasteiger partial charge is 0.385 e. The van der Waals surface area contributed by atoms with E-state index in [1.54, 1.807) is 0 Å². The molecule has 35 heavy (non-hydrogen) atoms. The third-order valence-corrected chi connectivity index (χ3v) is 9.24. The number of hydrogen-bond donors (Lipinski definition) is 1. The monoisotopic (exact) mass is 514 g/mol. The third-order valence-electron chi connectivity index (χ3n) is 6.87. The highest BCUT2D eigenvalue weighted by atomic mass is 31.2. The lowest BCUT2D eigenvalue weighted by atomic mass is 10.1. The summed E-state index contributed by atoms with van der Waals surface area (Å²) in [6, 6.07) is 0. The fourth-order valence-corrected chi connectivity index (χ4v) is 6.67. The predicted molar refractivity (Wildman–Crippen MR) is 155 cm³/mol. The average molecular weight is 515 g/mol. The molecular formula is C30H61NO3P+. The molecule has 0 saturated carbocycles. The molecule has 0 aliphatic rings. The van der Waals surface area contributed by atoms with Crippen molar-refractivity contribution in [2.75, 3.05) is 27.7 Å². The lowest BCUT2D eigenvalue weighted by Gasteiger charge is -2.35. The summed E-state index contributed by atoms with van der Waals surface area (Å²) in [4.78, 5) is 10.3. The maximum absolute atomic E-state index is 12.5. The Balaban J connectivity index is 3.41. The van der Waals surface area contributed by atoms with Gasteiger partial charge in [0.15, 0.2) is 5.78 Å². The van der Waals surface area contributed by atoms with Gasteiger partial charge in [-0.3, -0.25) is 4.57 Å². The first-order chi connectivity index (χ1) is 16.8. The highest BCUT2D eigenvalue weighted by molar-refractivity contribution is 7.53. The summed E-state index contributed by atoms with van der Waals surface area (Å²) in [5, 5.41) is 0. The predicted octanol–water partition coefficient (Wildman–Crippen LogP) is 9.78. The van der Waals surface area contributed by atoms with Crippen LogP contribution in [0.2, 0.25) is 0 Å². The van der Waals surface area contributed by atoms with Crippen LogP contribution in [0.1, 0.15) is 135 Å². The fourth-order valence-electron chi connectivity index (χ4n) is 4.77. The standard InChI is InChI=1S/C30H60NO3P/c1-6-8-9-10-11-12-13-14-15-16-17-18-19-20-21-22-23-24-25-26-27-28-29-34-35(32,33)30(7-2)31(3,4)5/h6,18-19,30H,1,7-17,20-29H2,2-5H3/p+1/b19-18-. The summed E-state index contributed by atoms with van der Waals surface area (Å²) in [5.74, 6) is -0.352. The van der Waals surface area contributed by atoms with Gasteiger partial charge in [-0.05, 0) is 44.9 Å². The van der Waals surface area contributed by atoms with E-state index in [9.17, 15) is 9.46 Å². The molecule has 0 bridgehead atoms. The molecule has 208 valence electrons. The van der Waals surface area contributed by atoms with Crippen LogP contribution in [0, 0.1) is 0 Å². The zero-order chi connectivity index (χ0) is 26.3. The normalized spacial score (nSPS) is 14.9. The molecule has 0 fully saturated rings. The van der Waals surface area contributed by atoms with E-state index in [-0.39, 0.29) is 5.78 Å². The SMILES string of the molecule is C=CCCCCCCCCCC/C=C\CCCCCCCCCCOP(=O)(O)C(CC)[N+](C)(C)C. The Morgan fingerprint density at radius 1 is 0.714 bits per heavy atom. The second-order valence-electron chi connectivity index (χ2n) is 11.2. The highest BCUT2D eigenvalue weighted by Gasteiger charge is 2.41. The molecule has 5 heteroatoms. The summed E-state index contributed by atoms with van der Waals surface area (Å²) in [7, 11) is 2.30. The fraction of sp³-hybridized carbons (Fsp3) is 0.867. The van der Waals surface area contributed by atoms with Crippen LogP contribution in [0.15, 0.2) is 24.8 Å². The van der Waals surface area contributed by atoms with Crippen LogP contribution in [-0.2, 0) is 9.09 Å². The van der Waals surface area contributed by atoms with Gasteiger partial charge in [0.25, 0.3) is 0 Å². The molecule has 0 heterocycles. The van der Waals surface area contributed by atoms with Gasteiger partial charge < -0.3 is 13.9 Å². The van der Waals surface area contributed by atoms with Gasteiger partial charge in [-0.2, -0.15) is 0 Å². The van der Waals surface area contributed by atoms with Gasteiger partial charge in [0.1, 0.15) is 0 Å². The summed E-state index contributed by atoms with van der Waals surface area (Å²) < 4.78 is 18.4. The Kier molecular flexibility index (Phi) is 22.5. The number of unbranched alkanes of at least 4 members (excludes halogenated alkanes) is 17. The van der Waals surface area contributed by atoms with Crippen LogP contribution >= 0.6 is 7.60 Å². The lowest BCUT2D eigenvalue weighted by Crippen LogP contribution is -2.44. The second kappa shape index (κ2) is 22.8. The average Bonchev–Trinajstić information content (AvgIpc) is 2.78. The van der Waals surface area contributed by atoms with Crippen molar-refractivity contribution in [2.45, 2.75) is 141 Å². The minimum absolute atomic E-state index is 0.352. The van der Waals surface area contributed by atoms with Crippen molar-refractivity contribution in [2.24, 2.45) is 0 Å². The van der Waals surface area contributed by atoms with E-state index >= 15 is 0 Å². The van der Waals surface area contributed by atoms with Crippen molar-refractivity contribution in [1.82, 2.24) is 0 Å². The van der Waals surface area contributed by atoms with E-state index in [1.807, 2.05) is 34.1 Å². The molecule has 0 amide bonds. The summed E-state index contributed by atoms with van der Waals surface area (Å²) >= 11 is 0. The molecule has 0 aromatic carbocycles. The lowest BCUT2D eigenvalue weighted by molar-refractivity contribution is -0.883. The van der Waals surface area contributed by atoms with E-state index in [4.69, 9.17) is 4.52 Å². The number of hydrogen-bond acceptors (Lipinski definition) is 2. The van der Waals surface area contributed by atoms with Crippen molar-refractivity contribution in [3.05, 3.63) is 24.8 Å². The summed E-state index contributed by atoms with van der Waals surface area (Å²) in [6.45, 7) is 6.13. The number of nitrogens with zero attached hydrogens (tertiary/aromatic N) is 1. The van der Waals surface area contributed by atoms with Crippen molar-refractivity contribution in [3.63, 3.8) is 0 Å². The van der Waals surface area contributed by atoms with Crippen LogP contribution in [-0.4, -0.2) is 42.9 Å². The molecular weight excluding hydrogens is 453 g/mol. The molecule has 0 aromatic heterocycles. The van der Waals surface area contributed by atoms with Crippen LogP contribution in [0.25, 0.3) is 0 Å². The molecule has 0 saturated heterocycles. The first-order valence-corrected chi connectivity index (χ1v) is 16.4. The maximum atomic E-state index is 12.5. The van der Waals surface area contributed by atoms with E-state index in [0.29, 0.717) is 17.5 Å². The van der Waals surface area contributed by atoms with E-state index in [2.05, 4.69) is 18.7 Å². The zero-order valence-electron chi connectivity index (χ0n) is 24.0. The molecule has 0 aliphatic carbocycles. The number of allylic oxidation sites excluding steroid dienone is 3. The molecule has 0 radical (unpaired) electrons. The number of rotatable bonds is 26. The first-order valence-electron chi connectivity index (χ1n) is 14.8. The highest BCUT2D eigenvalue weighted by Crippen LogP contribution is 2.51. The Bertz CT molecular complexity index is 556. The molecule has 2 atom stereocenters. The quantitative estimate of drug-likeness (QED) is 0.0541. The Morgan fingerprint density at radius 2 is 1.09 bits per heavy atom. The van der Waals surface area contributed by atoms with Crippen LogP contribution in [0.3, 0.4) is 0 Å². The van der Waals surface area contributed by atoms with Gasteiger partial charge in [-0.1, -0.05) is 102 Å². The molecule has 0 aromatic rings. The van der Waals surface area contributed by atoms with Crippen molar-refractivity contribution < 1.29 is 18.5 Å². The Labute approximate surface area is 219 Å². The van der Waals surface area contributed by atoms with Gasteiger partial charge in [0.2, 0.25) is 0 Å². The smallest absolute Gasteiger partial charge is 0.320 e. The third kappa shape index (κ3) is 21.4. The molecule has 1 N–H and O–H groups in total. The Morgan fingerprint density at radius 3 is 1.46 bits per heavy atom. The van der Waals surface area contributed by atoms with Crippen molar-refractivity contribution in [1.29, 1.82) is 0 Å². The van der Waals surface area contributed by atoms with Crippen LogP contribution < -0.4 is 0 Å². The molecule has 0 rings (SSSR count). The van der Waals surface area contributed by atoms with E-state index in [1.165, 1.54) is 109 Å². The van der Waals surface area contributed by atoms with Crippen molar-refractivity contribution >= 4 is 7.60 Å². The molecule has 0 spiro atoms. The topological polar surface area (TPSA) is 46.5 Å². The van der Waals surface area contributed by atoms with Gasteiger partial charge in [-0.15, -0.1) is 6.58 Å². The van der Waals surface area contributed by atoms with Gasteiger partial charge in [0.05, 0.1) is 27.7 Å². The first kappa shape index (κ1) is 34.6. The zero-order valence-corrected chi connectivity index (χ0v) is 24.9. The van der Waals surface area contributed by atoms with Crippen LogP contribution in [0.5, 0.6) is 0 Å². The molecule has 0 aliphatic heterocycles. The minimum Gasteiger partial charge on any atom is -0.320 e. The van der Waals surface area contributed by atoms with Gasteiger partial charge >= 0.3 is 7.60 Å². The number of quaternary nitrogens is 1. The van der Waals surface area contributed by atoms with Gasteiger partial charge in [0, 0.05) is 6.42 Å². The maximum Gasteiger partial charge on any atom is 0.385 e. The van der Waals surface area contributed by atoms with Gasteiger partial charge in [-0.25, -0.2) is 0 Å². The Hall–Kier alpha value is -0.410. The van der Waals surface area contributed by atoms with Crippen molar-refractivity contribution in [3.8, 4) is 0 Å². The molecule has 4 nitrogen and oxygen atoms in total. The minimum atomic E-state index is -3.56. The van der Waals surface area contributed by atoms with E-state index in [0.717, 1.165) is 12.8 Å². The van der Waals surface area contributed by atoms with E-state index < -0.39 is 7.60 Å². The summed E-state index contributed by atoms with van der Waals surface area (Å²) in [6.07, 6.45) is 31.9. The summed E-state index contributed by atoms with van der Waals surface area (Å²) in [5.41, 5.74) is 0.